The fraction of sp³-hybridized carbons (Fsp3) is 0.643. The predicted molar refractivity (Wildman–Crippen MR) is 79.2 cm³/mol. The lowest BCUT2D eigenvalue weighted by atomic mass is 10.1. The molecule has 116 valence electrons. The third-order valence-corrected chi connectivity index (χ3v) is 3.74. The Morgan fingerprint density at radius 3 is 2.86 bits per heavy atom. The minimum Gasteiger partial charge on any atom is -0.347 e. The molecule has 0 bridgehead atoms. The lowest BCUT2D eigenvalue weighted by molar-refractivity contribution is -0.384. The molecular weight excluding hydrogens is 272 g/mol. The zero-order valence-electron chi connectivity index (χ0n) is 12.2. The highest BCUT2D eigenvalue weighted by Gasteiger charge is 2.30. The maximum Gasteiger partial charge on any atom is 0.287 e. The summed E-state index contributed by atoms with van der Waals surface area (Å²) < 4.78 is 1.72. The third kappa shape index (κ3) is 3.81. The molecule has 1 unspecified atom stereocenters. The number of nitro groups is 1. The van der Waals surface area contributed by atoms with Gasteiger partial charge in [-0.2, -0.15) is 0 Å². The van der Waals surface area contributed by atoms with Crippen LogP contribution >= 0.6 is 0 Å². The average Bonchev–Trinajstić information content (AvgIpc) is 3.21. The van der Waals surface area contributed by atoms with Crippen LogP contribution in [-0.4, -0.2) is 28.0 Å². The molecule has 2 rings (SSSR count). The number of hydrogen-bond acceptors (Lipinski definition) is 4. The second kappa shape index (κ2) is 6.71. The first kappa shape index (κ1) is 15.5. The van der Waals surface area contributed by atoms with Gasteiger partial charge in [0.05, 0.1) is 11.1 Å². The molecule has 1 heterocycles. The molecule has 0 aromatic carbocycles. The number of hydrogen-bond donors (Lipinski definition) is 2. The smallest absolute Gasteiger partial charge is 0.287 e. The maximum atomic E-state index is 12.4. The molecule has 1 saturated carbocycles. The van der Waals surface area contributed by atoms with Crippen LogP contribution < -0.4 is 11.1 Å². The zero-order chi connectivity index (χ0) is 15.4. The van der Waals surface area contributed by atoms with E-state index >= 15 is 0 Å². The molecule has 0 aliphatic heterocycles. The van der Waals surface area contributed by atoms with Gasteiger partial charge in [0.25, 0.3) is 11.6 Å². The van der Waals surface area contributed by atoms with Crippen molar-refractivity contribution in [3.05, 3.63) is 28.1 Å². The number of rotatable bonds is 8. The lowest BCUT2D eigenvalue weighted by Crippen LogP contribution is -2.40. The van der Waals surface area contributed by atoms with Crippen molar-refractivity contribution < 1.29 is 9.72 Å². The molecular formula is C14H22N4O3. The Bertz CT molecular complexity index is 522. The van der Waals surface area contributed by atoms with E-state index in [-0.39, 0.29) is 23.7 Å². The van der Waals surface area contributed by atoms with Crippen LogP contribution in [0.3, 0.4) is 0 Å². The van der Waals surface area contributed by atoms with Crippen molar-refractivity contribution in [2.45, 2.75) is 51.1 Å². The van der Waals surface area contributed by atoms with E-state index in [9.17, 15) is 14.9 Å². The van der Waals surface area contributed by atoms with E-state index in [0.29, 0.717) is 12.2 Å². The van der Waals surface area contributed by atoms with E-state index in [2.05, 4.69) is 12.2 Å². The molecule has 1 aliphatic carbocycles. The third-order valence-electron chi connectivity index (χ3n) is 3.74. The van der Waals surface area contributed by atoms with Gasteiger partial charge in [0, 0.05) is 24.7 Å². The van der Waals surface area contributed by atoms with Crippen LogP contribution in [0.25, 0.3) is 0 Å². The highest BCUT2D eigenvalue weighted by Crippen LogP contribution is 2.37. The van der Waals surface area contributed by atoms with E-state index in [1.165, 1.54) is 12.3 Å². The Kier molecular flexibility index (Phi) is 4.95. The average molecular weight is 294 g/mol. The molecule has 0 radical (unpaired) electrons. The Morgan fingerprint density at radius 2 is 2.33 bits per heavy atom. The van der Waals surface area contributed by atoms with Crippen molar-refractivity contribution in [3.63, 3.8) is 0 Å². The van der Waals surface area contributed by atoms with Crippen molar-refractivity contribution in [1.29, 1.82) is 0 Å². The number of carbonyl (C=O) groups excluding carboxylic acids is 1. The molecule has 0 spiro atoms. The summed E-state index contributed by atoms with van der Waals surface area (Å²) in [4.78, 5) is 22.8. The summed E-state index contributed by atoms with van der Waals surface area (Å²) in [5.74, 6) is -0.276. The number of nitrogens with one attached hydrogen (secondary N) is 1. The van der Waals surface area contributed by atoms with Gasteiger partial charge in [-0.15, -0.1) is 0 Å². The summed E-state index contributed by atoms with van der Waals surface area (Å²) in [5, 5.41) is 13.8. The van der Waals surface area contributed by atoms with Crippen molar-refractivity contribution in [1.82, 2.24) is 9.88 Å². The molecule has 1 aromatic heterocycles. The second-order valence-corrected chi connectivity index (χ2v) is 5.53. The van der Waals surface area contributed by atoms with E-state index in [1.807, 2.05) is 0 Å². The van der Waals surface area contributed by atoms with Gasteiger partial charge in [-0.3, -0.25) is 14.9 Å². The van der Waals surface area contributed by atoms with Crippen LogP contribution in [0.15, 0.2) is 12.3 Å². The van der Waals surface area contributed by atoms with Crippen LogP contribution in [0, 0.1) is 10.1 Å². The molecule has 1 fully saturated rings. The fourth-order valence-electron chi connectivity index (χ4n) is 2.36. The van der Waals surface area contributed by atoms with Gasteiger partial charge < -0.3 is 15.6 Å². The van der Waals surface area contributed by atoms with Gasteiger partial charge in [0.15, 0.2) is 0 Å². The second-order valence-electron chi connectivity index (χ2n) is 5.53. The Hall–Kier alpha value is -1.89. The standard InChI is InChI=1S/C14H22N4O3/c1-2-3-4-10(8-15)16-14(19)13-7-12(18(20)21)9-17(13)11-5-6-11/h7,9-11H,2-6,8,15H2,1H3,(H,16,19). The van der Waals surface area contributed by atoms with Crippen molar-refractivity contribution >= 4 is 11.6 Å². The Labute approximate surface area is 123 Å². The topological polar surface area (TPSA) is 103 Å². The first-order valence-electron chi connectivity index (χ1n) is 7.44. The molecule has 1 aliphatic rings. The lowest BCUT2D eigenvalue weighted by Gasteiger charge is -2.17. The summed E-state index contributed by atoms with van der Waals surface area (Å²) in [6, 6.07) is 1.48. The molecule has 1 atom stereocenters. The number of unbranched alkanes of at least 4 members (excludes halogenated alkanes) is 1. The van der Waals surface area contributed by atoms with E-state index < -0.39 is 4.92 Å². The Morgan fingerprint density at radius 1 is 1.62 bits per heavy atom. The molecule has 1 aromatic rings. The van der Waals surface area contributed by atoms with Crippen molar-refractivity contribution in [2.75, 3.05) is 6.54 Å². The SMILES string of the molecule is CCCCC(CN)NC(=O)c1cc([N+](=O)[O-])cn1C1CC1. The summed E-state index contributed by atoms with van der Waals surface area (Å²) in [7, 11) is 0. The quantitative estimate of drug-likeness (QED) is 0.565. The first-order valence-corrected chi connectivity index (χ1v) is 7.44. The van der Waals surface area contributed by atoms with E-state index in [1.54, 1.807) is 4.57 Å². The summed E-state index contributed by atoms with van der Waals surface area (Å²) in [6.07, 6.45) is 6.23. The number of nitrogens with zero attached hydrogens (tertiary/aromatic N) is 2. The summed E-state index contributed by atoms with van der Waals surface area (Å²) >= 11 is 0. The van der Waals surface area contributed by atoms with Crippen LogP contribution in [-0.2, 0) is 0 Å². The molecule has 7 nitrogen and oxygen atoms in total. The number of aromatic nitrogens is 1. The van der Waals surface area contributed by atoms with Gasteiger partial charge >= 0.3 is 0 Å². The summed E-state index contributed by atoms with van der Waals surface area (Å²) in [5.41, 5.74) is 6.00. The first-order chi connectivity index (χ1) is 10.1. The van der Waals surface area contributed by atoms with Crippen LogP contribution in [0.4, 0.5) is 5.69 Å². The van der Waals surface area contributed by atoms with E-state index in [4.69, 9.17) is 5.73 Å². The molecule has 21 heavy (non-hydrogen) atoms. The zero-order valence-corrected chi connectivity index (χ0v) is 12.2. The largest absolute Gasteiger partial charge is 0.347 e. The summed E-state index contributed by atoms with van der Waals surface area (Å²) in [6.45, 7) is 2.45. The molecule has 1 amide bonds. The Balaban J connectivity index is 2.12. The van der Waals surface area contributed by atoms with Crippen LogP contribution in [0.1, 0.15) is 55.6 Å². The molecule has 3 N–H and O–H groups in total. The number of nitrogens with two attached hydrogens (primary N) is 1. The highest BCUT2D eigenvalue weighted by atomic mass is 16.6. The van der Waals surface area contributed by atoms with Crippen molar-refractivity contribution in [3.8, 4) is 0 Å². The van der Waals surface area contributed by atoms with Crippen LogP contribution in [0.5, 0.6) is 0 Å². The minimum atomic E-state index is -0.465. The minimum absolute atomic E-state index is 0.0371. The van der Waals surface area contributed by atoms with Gasteiger partial charge in [0.1, 0.15) is 5.69 Å². The maximum absolute atomic E-state index is 12.4. The van der Waals surface area contributed by atoms with E-state index in [0.717, 1.165) is 32.1 Å². The number of carbonyl (C=O) groups is 1. The molecule has 0 saturated heterocycles. The van der Waals surface area contributed by atoms with Crippen molar-refractivity contribution in [2.24, 2.45) is 5.73 Å². The van der Waals surface area contributed by atoms with Gasteiger partial charge in [-0.25, -0.2) is 0 Å². The fourth-order valence-corrected chi connectivity index (χ4v) is 2.36. The highest BCUT2D eigenvalue weighted by molar-refractivity contribution is 5.93. The van der Waals surface area contributed by atoms with Gasteiger partial charge in [-0.05, 0) is 19.3 Å². The van der Waals surface area contributed by atoms with Crippen LogP contribution in [0.2, 0.25) is 0 Å². The van der Waals surface area contributed by atoms with Gasteiger partial charge in [0.2, 0.25) is 0 Å². The molecule has 7 heteroatoms. The normalized spacial score (nSPS) is 15.7. The van der Waals surface area contributed by atoms with Gasteiger partial charge in [-0.1, -0.05) is 19.8 Å². The number of amides is 1. The predicted octanol–water partition coefficient (Wildman–Crippen LogP) is 1.98. The monoisotopic (exact) mass is 294 g/mol.